The van der Waals surface area contributed by atoms with Crippen molar-refractivity contribution < 1.29 is 14.3 Å². The molecule has 0 saturated carbocycles. The Morgan fingerprint density at radius 3 is 2.85 bits per heavy atom. The molecule has 1 heterocycles. The van der Waals surface area contributed by atoms with Crippen LogP contribution in [0.4, 0.5) is 0 Å². The van der Waals surface area contributed by atoms with Gasteiger partial charge in [-0.05, 0) is 81.4 Å². The number of halogens is 2. The molecule has 0 saturated heterocycles. The Hall–Kier alpha value is -1.93. The highest BCUT2D eigenvalue weighted by atomic mass is 127. The van der Waals surface area contributed by atoms with Crippen molar-refractivity contribution in [2.24, 2.45) is 4.99 Å². The third-order valence-corrected chi connectivity index (χ3v) is 5.81. The first-order valence-corrected chi connectivity index (χ1v) is 9.65. The Bertz CT molecular complexity index is 950. The number of esters is 1. The molecular weight excluding hydrogens is 509 g/mol. The number of hydrogen-bond donors (Lipinski definition) is 0. The maximum atomic E-state index is 12.2. The molecule has 0 N–H and O–H groups in total. The average molecular weight is 524 g/mol. The number of hydrogen-bond acceptors (Lipinski definition) is 4. The highest BCUT2D eigenvalue weighted by Crippen LogP contribution is 2.26. The molecule has 1 aliphatic heterocycles. The summed E-state index contributed by atoms with van der Waals surface area (Å²) in [7, 11) is 0. The van der Waals surface area contributed by atoms with Crippen LogP contribution >= 0.6 is 38.5 Å². The molecule has 1 aliphatic rings. The maximum Gasteiger partial charge on any atom is 0.363 e. The molecule has 0 spiro atoms. The van der Waals surface area contributed by atoms with Crippen LogP contribution < -0.4 is 4.74 Å². The van der Waals surface area contributed by atoms with E-state index in [4.69, 9.17) is 9.47 Å². The van der Waals surface area contributed by atoms with E-state index >= 15 is 0 Å². The number of para-hydroxylation sites is 1. The predicted molar refractivity (Wildman–Crippen MR) is 114 cm³/mol. The summed E-state index contributed by atoms with van der Waals surface area (Å²) < 4.78 is 13.0. The molecular formula is C20H15BrINO3. The van der Waals surface area contributed by atoms with Gasteiger partial charge in [-0.2, -0.15) is 0 Å². The van der Waals surface area contributed by atoms with Gasteiger partial charge in [0.25, 0.3) is 0 Å². The summed E-state index contributed by atoms with van der Waals surface area (Å²) in [5.41, 5.74) is 2.65. The van der Waals surface area contributed by atoms with Crippen molar-refractivity contribution in [2.75, 3.05) is 6.61 Å². The molecule has 3 rings (SSSR count). The lowest BCUT2D eigenvalue weighted by atomic mass is 10.1. The van der Waals surface area contributed by atoms with E-state index in [1.54, 1.807) is 6.08 Å². The molecule has 0 fully saturated rings. The number of cyclic esters (lactones) is 1. The van der Waals surface area contributed by atoms with Crippen LogP contribution in [0.5, 0.6) is 5.75 Å². The lowest BCUT2D eigenvalue weighted by Crippen LogP contribution is -2.05. The second-order valence-electron chi connectivity index (χ2n) is 5.75. The van der Waals surface area contributed by atoms with Crippen molar-refractivity contribution in [1.82, 2.24) is 0 Å². The largest absolute Gasteiger partial charge is 0.489 e. The van der Waals surface area contributed by atoms with E-state index in [1.807, 2.05) is 49.4 Å². The van der Waals surface area contributed by atoms with Gasteiger partial charge in [-0.25, -0.2) is 9.79 Å². The van der Waals surface area contributed by atoms with Crippen LogP contribution in [0.1, 0.15) is 18.1 Å². The van der Waals surface area contributed by atoms with Gasteiger partial charge in [-0.15, -0.1) is 0 Å². The van der Waals surface area contributed by atoms with Crippen LogP contribution in [-0.4, -0.2) is 18.5 Å². The van der Waals surface area contributed by atoms with E-state index in [-0.39, 0.29) is 5.70 Å². The van der Waals surface area contributed by atoms with E-state index < -0.39 is 5.97 Å². The van der Waals surface area contributed by atoms with E-state index in [9.17, 15) is 4.79 Å². The normalized spacial score (nSPS) is 15.0. The number of nitrogens with zero attached hydrogens (tertiary/aromatic N) is 1. The van der Waals surface area contributed by atoms with Crippen LogP contribution in [0.25, 0.3) is 6.08 Å². The fourth-order valence-corrected chi connectivity index (χ4v) is 2.96. The highest BCUT2D eigenvalue weighted by molar-refractivity contribution is 14.1. The van der Waals surface area contributed by atoms with E-state index in [2.05, 4.69) is 50.1 Å². The molecule has 4 nitrogen and oxygen atoms in total. The third kappa shape index (κ3) is 4.42. The van der Waals surface area contributed by atoms with Crippen molar-refractivity contribution in [2.45, 2.75) is 6.92 Å². The van der Waals surface area contributed by atoms with Crippen LogP contribution in [0.15, 0.2) is 69.8 Å². The van der Waals surface area contributed by atoms with Gasteiger partial charge in [0.1, 0.15) is 12.4 Å². The third-order valence-electron chi connectivity index (χ3n) is 3.47. The van der Waals surface area contributed by atoms with Crippen molar-refractivity contribution in [3.8, 4) is 5.75 Å². The highest BCUT2D eigenvalue weighted by Gasteiger charge is 2.25. The van der Waals surface area contributed by atoms with Gasteiger partial charge in [0.2, 0.25) is 5.90 Å². The van der Waals surface area contributed by atoms with Crippen LogP contribution in [0.2, 0.25) is 0 Å². The second-order valence-corrected chi connectivity index (χ2v) is 7.77. The fourth-order valence-electron chi connectivity index (χ4n) is 2.24. The maximum absolute atomic E-state index is 12.2. The summed E-state index contributed by atoms with van der Waals surface area (Å²) in [5.74, 6) is 0.472. The standard InChI is InChI=1S/C20H15BrINO3/c1-12(2)11-25-18-6-4-3-5-13(18)10-17-20(24)26-19(23-17)14-7-8-16(22)15(21)9-14/h3-10H,1,11H2,2H3/b17-10-. The number of ether oxygens (including phenoxy) is 2. The minimum absolute atomic E-state index is 0.237. The molecule has 0 aliphatic carbocycles. The van der Waals surface area contributed by atoms with E-state index in [0.29, 0.717) is 18.3 Å². The Labute approximate surface area is 173 Å². The topological polar surface area (TPSA) is 47.9 Å². The van der Waals surface area contributed by atoms with Crippen molar-refractivity contribution in [3.05, 3.63) is 79.5 Å². The molecule has 132 valence electrons. The minimum Gasteiger partial charge on any atom is -0.489 e. The second kappa shape index (κ2) is 8.18. The summed E-state index contributed by atoms with van der Waals surface area (Å²) in [6, 6.07) is 13.1. The summed E-state index contributed by atoms with van der Waals surface area (Å²) in [6.45, 7) is 6.14. The van der Waals surface area contributed by atoms with Crippen molar-refractivity contribution in [1.29, 1.82) is 0 Å². The number of carbonyl (C=O) groups is 1. The molecule has 6 heteroatoms. The zero-order valence-corrected chi connectivity index (χ0v) is 17.7. The van der Waals surface area contributed by atoms with Gasteiger partial charge in [-0.1, -0.05) is 24.8 Å². The monoisotopic (exact) mass is 523 g/mol. The van der Waals surface area contributed by atoms with Gasteiger partial charge in [-0.3, -0.25) is 0 Å². The Kier molecular flexibility index (Phi) is 5.93. The number of carbonyl (C=O) groups excluding carboxylic acids is 1. The molecule has 0 radical (unpaired) electrons. The predicted octanol–water partition coefficient (Wildman–Crippen LogP) is 5.35. The number of aliphatic imine (C=N–C) groups is 1. The van der Waals surface area contributed by atoms with Crippen LogP contribution in [-0.2, 0) is 9.53 Å². The Balaban J connectivity index is 1.91. The van der Waals surface area contributed by atoms with Gasteiger partial charge in [0.15, 0.2) is 5.70 Å². The molecule has 0 amide bonds. The minimum atomic E-state index is -0.482. The zero-order valence-electron chi connectivity index (χ0n) is 14.0. The molecule has 26 heavy (non-hydrogen) atoms. The SMILES string of the molecule is C=C(C)COc1ccccc1/C=C1\N=C(c2ccc(I)c(Br)c2)OC1=O. The summed E-state index contributed by atoms with van der Waals surface area (Å²) in [5, 5.41) is 0. The Morgan fingerprint density at radius 2 is 2.12 bits per heavy atom. The zero-order chi connectivity index (χ0) is 18.7. The van der Waals surface area contributed by atoms with Gasteiger partial charge < -0.3 is 9.47 Å². The lowest BCUT2D eigenvalue weighted by molar-refractivity contribution is -0.129. The molecule has 2 aromatic carbocycles. The Morgan fingerprint density at radius 1 is 1.35 bits per heavy atom. The average Bonchev–Trinajstić information content (AvgIpc) is 2.97. The van der Waals surface area contributed by atoms with Gasteiger partial charge in [0.05, 0.1) is 0 Å². The molecule has 2 aromatic rings. The van der Waals surface area contributed by atoms with E-state index in [1.165, 1.54) is 0 Å². The summed E-state index contributed by atoms with van der Waals surface area (Å²) >= 11 is 5.69. The van der Waals surface area contributed by atoms with Crippen LogP contribution in [0, 0.1) is 3.57 Å². The smallest absolute Gasteiger partial charge is 0.363 e. The molecule has 0 unspecified atom stereocenters. The van der Waals surface area contributed by atoms with Crippen molar-refractivity contribution in [3.63, 3.8) is 0 Å². The molecule has 0 atom stereocenters. The quantitative estimate of drug-likeness (QED) is 0.229. The molecule has 0 bridgehead atoms. The first-order chi connectivity index (χ1) is 12.4. The van der Waals surface area contributed by atoms with Gasteiger partial charge >= 0.3 is 5.97 Å². The van der Waals surface area contributed by atoms with Crippen molar-refractivity contribution >= 4 is 56.5 Å². The van der Waals surface area contributed by atoms with Gasteiger partial charge in [0, 0.05) is 19.2 Å². The van der Waals surface area contributed by atoms with Crippen LogP contribution in [0.3, 0.4) is 0 Å². The summed E-state index contributed by atoms with van der Waals surface area (Å²) in [4.78, 5) is 16.6. The first-order valence-electron chi connectivity index (χ1n) is 7.78. The summed E-state index contributed by atoms with van der Waals surface area (Å²) in [6.07, 6.45) is 1.67. The lowest BCUT2D eigenvalue weighted by Gasteiger charge is -2.08. The number of rotatable bonds is 5. The fraction of sp³-hybridized carbons (Fsp3) is 0.100. The molecule has 0 aromatic heterocycles. The first kappa shape index (κ1) is 18.8. The number of benzene rings is 2. The van der Waals surface area contributed by atoms with E-state index in [0.717, 1.165) is 24.7 Å².